The lowest BCUT2D eigenvalue weighted by Gasteiger charge is -2.26. The van der Waals surface area contributed by atoms with Gasteiger partial charge < -0.3 is 9.47 Å². The molecule has 2 heterocycles. The van der Waals surface area contributed by atoms with Crippen molar-refractivity contribution in [3.63, 3.8) is 0 Å². The molecule has 1 fully saturated rings. The first-order chi connectivity index (χ1) is 14.2. The van der Waals surface area contributed by atoms with E-state index < -0.39 is 4.92 Å². The fourth-order valence-corrected chi connectivity index (χ4v) is 3.09. The van der Waals surface area contributed by atoms with E-state index in [-0.39, 0.29) is 5.69 Å². The van der Waals surface area contributed by atoms with Crippen LogP contribution in [0.4, 0.5) is 5.69 Å². The van der Waals surface area contributed by atoms with Crippen LogP contribution in [0.2, 0.25) is 0 Å². The molecule has 2 aromatic carbocycles. The van der Waals surface area contributed by atoms with Crippen LogP contribution in [0.25, 0.3) is 16.9 Å². The van der Waals surface area contributed by atoms with E-state index in [4.69, 9.17) is 9.47 Å². The van der Waals surface area contributed by atoms with Crippen LogP contribution in [0.1, 0.15) is 0 Å². The van der Waals surface area contributed by atoms with Crippen LogP contribution in [0.15, 0.2) is 54.7 Å². The molecule has 0 atom stereocenters. The van der Waals surface area contributed by atoms with Crippen molar-refractivity contribution in [2.24, 2.45) is 0 Å². The molecule has 3 aromatic rings. The highest BCUT2D eigenvalue weighted by molar-refractivity contribution is 5.60. The molecule has 29 heavy (non-hydrogen) atoms. The number of nitro groups is 1. The highest BCUT2D eigenvalue weighted by Gasteiger charge is 2.11. The van der Waals surface area contributed by atoms with Crippen LogP contribution < -0.4 is 4.74 Å². The summed E-state index contributed by atoms with van der Waals surface area (Å²) in [4.78, 5) is 12.7. The highest BCUT2D eigenvalue weighted by atomic mass is 16.6. The molecule has 0 spiro atoms. The second-order valence-corrected chi connectivity index (χ2v) is 6.65. The summed E-state index contributed by atoms with van der Waals surface area (Å²) in [7, 11) is 0. The Morgan fingerprint density at radius 2 is 1.79 bits per heavy atom. The standard InChI is InChI=1S/C20H21N5O4/c26-25(27)18-3-1-16(2-4-18)20-15-24(22-21-20)17-5-7-19(8-6-17)29-14-11-23-9-12-28-13-10-23/h1-8,15H,9-14H2. The molecule has 1 saturated heterocycles. The highest BCUT2D eigenvalue weighted by Crippen LogP contribution is 2.22. The summed E-state index contributed by atoms with van der Waals surface area (Å²) in [5.74, 6) is 0.803. The molecule has 4 rings (SSSR count). The first-order valence-electron chi connectivity index (χ1n) is 9.39. The fraction of sp³-hybridized carbons (Fsp3) is 0.300. The first kappa shape index (κ1) is 19.0. The summed E-state index contributed by atoms with van der Waals surface area (Å²) < 4.78 is 12.8. The molecular formula is C20H21N5O4. The zero-order valence-corrected chi connectivity index (χ0v) is 15.8. The van der Waals surface area contributed by atoms with Crippen molar-refractivity contribution in [2.75, 3.05) is 39.5 Å². The van der Waals surface area contributed by atoms with Gasteiger partial charge in [0, 0.05) is 37.3 Å². The molecule has 1 aromatic heterocycles. The number of ether oxygens (including phenoxy) is 2. The largest absolute Gasteiger partial charge is 0.492 e. The van der Waals surface area contributed by atoms with Crippen LogP contribution >= 0.6 is 0 Å². The van der Waals surface area contributed by atoms with Gasteiger partial charge in [0.25, 0.3) is 5.69 Å². The van der Waals surface area contributed by atoms with E-state index in [1.165, 1.54) is 12.1 Å². The Hall–Kier alpha value is -3.30. The lowest BCUT2D eigenvalue weighted by atomic mass is 10.1. The maximum absolute atomic E-state index is 10.8. The number of nitrogens with zero attached hydrogens (tertiary/aromatic N) is 5. The van der Waals surface area contributed by atoms with Gasteiger partial charge in [-0.15, -0.1) is 5.10 Å². The quantitative estimate of drug-likeness (QED) is 0.448. The predicted molar refractivity (Wildman–Crippen MR) is 106 cm³/mol. The van der Waals surface area contributed by atoms with Crippen LogP contribution in [0.3, 0.4) is 0 Å². The average Bonchev–Trinajstić information content (AvgIpc) is 3.25. The van der Waals surface area contributed by atoms with Crippen molar-refractivity contribution >= 4 is 5.69 Å². The molecule has 1 aliphatic heterocycles. The van der Waals surface area contributed by atoms with Gasteiger partial charge in [-0.1, -0.05) is 5.21 Å². The maximum Gasteiger partial charge on any atom is 0.269 e. The molecule has 150 valence electrons. The second kappa shape index (κ2) is 8.80. The van der Waals surface area contributed by atoms with Crippen LogP contribution in [-0.4, -0.2) is 64.3 Å². The topological polar surface area (TPSA) is 95.5 Å². The minimum Gasteiger partial charge on any atom is -0.492 e. The van der Waals surface area contributed by atoms with Crippen molar-refractivity contribution < 1.29 is 14.4 Å². The van der Waals surface area contributed by atoms with Crippen LogP contribution in [-0.2, 0) is 4.74 Å². The Kier molecular flexibility index (Phi) is 5.78. The number of morpholine rings is 1. The first-order valence-corrected chi connectivity index (χ1v) is 9.39. The van der Waals surface area contributed by atoms with Crippen molar-refractivity contribution in [3.8, 4) is 22.7 Å². The molecule has 0 unspecified atom stereocenters. The fourth-order valence-electron chi connectivity index (χ4n) is 3.09. The van der Waals surface area contributed by atoms with E-state index >= 15 is 0 Å². The zero-order valence-electron chi connectivity index (χ0n) is 15.8. The van der Waals surface area contributed by atoms with E-state index in [0.717, 1.165) is 49.8 Å². The average molecular weight is 395 g/mol. The third-order valence-electron chi connectivity index (χ3n) is 4.75. The predicted octanol–water partition coefficient (Wildman–Crippen LogP) is 2.55. The van der Waals surface area contributed by atoms with E-state index in [0.29, 0.717) is 12.3 Å². The van der Waals surface area contributed by atoms with Gasteiger partial charge in [-0.25, -0.2) is 4.68 Å². The lowest BCUT2D eigenvalue weighted by Crippen LogP contribution is -2.38. The number of nitro benzene ring substituents is 1. The van der Waals surface area contributed by atoms with Crippen LogP contribution in [0.5, 0.6) is 5.75 Å². The van der Waals surface area contributed by atoms with Gasteiger partial charge in [0.2, 0.25) is 0 Å². The second-order valence-electron chi connectivity index (χ2n) is 6.65. The minimum atomic E-state index is -0.425. The molecule has 9 heteroatoms. The Morgan fingerprint density at radius 1 is 1.07 bits per heavy atom. The van der Waals surface area contributed by atoms with E-state index in [9.17, 15) is 10.1 Å². The summed E-state index contributed by atoms with van der Waals surface area (Å²) >= 11 is 0. The van der Waals surface area contributed by atoms with Gasteiger partial charge in [-0.3, -0.25) is 15.0 Å². The lowest BCUT2D eigenvalue weighted by molar-refractivity contribution is -0.384. The number of non-ortho nitro benzene ring substituents is 1. The Bertz CT molecular complexity index is 950. The molecular weight excluding hydrogens is 374 g/mol. The maximum atomic E-state index is 10.8. The smallest absolute Gasteiger partial charge is 0.269 e. The van der Waals surface area contributed by atoms with E-state index in [1.807, 2.05) is 24.3 Å². The van der Waals surface area contributed by atoms with Crippen molar-refractivity contribution in [1.29, 1.82) is 0 Å². The van der Waals surface area contributed by atoms with Crippen molar-refractivity contribution in [2.45, 2.75) is 0 Å². The molecule has 0 N–H and O–H groups in total. The summed E-state index contributed by atoms with van der Waals surface area (Å²) in [6, 6.07) is 13.9. The van der Waals surface area contributed by atoms with Crippen LogP contribution in [0, 0.1) is 10.1 Å². The number of benzene rings is 2. The minimum absolute atomic E-state index is 0.0466. The number of rotatable bonds is 7. The Morgan fingerprint density at radius 3 is 2.48 bits per heavy atom. The number of aromatic nitrogens is 3. The number of hydrogen-bond donors (Lipinski definition) is 0. The van der Waals surface area contributed by atoms with Gasteiger partial charge in [0.05, 0.1) is 30.0 Å². The van der Waals surface area contributed by atoms with E-state index in [2.05, 4.69) is 15.2 Å². The Balaban J connectivity index is 1.36. The third-order valence-corrected chi connectivity index (χ3v) is 4.75. The van der Waals surface area contributed by atoms with Gasteiger partial charge >= 0.3 is 0 Å². The van der Waals surface area contributed by atoms with Crippen molar-refractivity contribution in [3.05, 3.63) is 64.8 Å². The van der Waals surface area contributed by atoms with Gasteiger partial charge in [0.15, 0.2) is 0 Å². The molecule has 0 saturated carbocycles. The van der Waals surface area contributed by atoms with Gasteiger partial charge in [-0.05, 0) is 36.4 Å². The van der Waals surface area contributed by atoms with Gasteiger partial charge in [0.1, 0.15) is 18.1 Å². The monoisotopic (exact) mass is 395 g/mol. The molecule has 0 radical (unpaired) electrons. The molecule has 0 aliphatic carbocycles. The third kappa shape index (κ3) is 4.76. The Labute approximate surface area is 167 Å². The molecule has 0 bridgehead atoms. The summed E-state index contributed by atoms with van der Waals surface area (Å²) in [5, 5.41) is 19.1. The normalized spacial score (nSPS) is 14.6. The van der Waals surface area contributed by atoms with Crippen molar-refractivity contribution in [1.82, 2.24) is 19.9 Å². The molecule has 9 nitrogen and oxygen atoms in total. The SMILES string of the molecule is O=[N+]([O-])c1ccc(-c2cn(-c3ccc(OCCN4CCOCC4)cc3)nn2)cc1. The van der Waals surface area contributed by atoms with E-state index in [1.54, 1.807) is 23.0 Å². The van der Waals surface area contributed by atoms with Gasteiger partial charge in [-0.2, -0.15) is 0 Å². The molecule has 1 aliphatic rings. The molecule has 0 amide bonds. The number of hydrogen-bond acceptors (Lipinski definition) is 7. The summed E-state index contributed by atoms with van der Waals surface area (Å²) in [6.45, 7) is 4.99. The summed E-state index contributed by atoms with van der Waals surface area (Å²) in [5.41, 5.74) is 2.31. The summed E-state index contributed by atoms with van der Waals surface area (Å²) in [6.07, 6.45) is 1.79. The zero-order chi connectivity index (χ0) is 20.1.